The van der Waals surface area contributed by atoms with Gasteiger partial charge in [0.15, 0.2) is 0 Å². The Kier molecular flexibility index (Phi) is 4.45. The Bertz CT molecular complexity index is 575. The Morgan fingerprint density at radius 3 is 2.89 bits per heavy atom. The van der Waals surface area contributed by atoms with E-state index in [0.717, 1.165) is 17.8 Å². The lowest BCUT2D eigenvalue weighted by molar-refractivity contribution is 0.103. The molecule has 19 heavy (non-hydrogen) atoms. The first-order valence-electron chi connectivity index (χ1n) is 6.46. The van der Waals surface area contributed by atoms with Crippen LogP contribution >= 0.6 is 11.3 Å². The molecule has 1 heterocycles. The number of benzene rings is 1. The molecule has 0 aliphatic rings. The number of thiazole rings is 1. The highest BCUT2D eigenvalue weighted by Gasteiger charge is 2.14. The van der Waals surface area contributed by atoms with Gasteiger partial charge in [-0.15, -0.1) is 11.3 Å². The van der Waals surface area contributed by atoms with Gasteiger partial charge in [-0.25, -0.2) is 4.98 Å². The molecule has 2 rings (SSSR count). The molecule has 0 aliphatic carbocycles. The molecule has 100 valence electrons. The molecule has 1 atom stereocenters. The van der Waals surface area contributed by atoms with E-state index in [4.69, 9.17) is 5.73 Å². The fourth-order valence-electron chi connectivity index (χ4n) is 1.91. The molecule has 1 unspecified atom stereocenters. The third kappa shape index (κ3) is 3.28. The summed E-state index contributed by atoms with van der Waals surface area (Å²) in [7, 11) is 0. The molecule has 0 saturated heterocycles. The number of carbonyl (C=O) groups excluding carboxylic acids is 1. The maximum atomic E-state index is 12.3. The molecule has 3 nitrogen and oxygen atoms in total. The zero-order valence-corrected chi connectivity index (χ0v) is 12.0. The molecule has 0 radical (unpaired) electrons. The van der Waals surface area contributed by atoms with Crippen molar-refractivity contribution in [1.29, 1.82) is 0 Å². The van der Waals surface area contributed by atoms with E-state index in [-0.39, 0.29) is 11.8 Å². The number of nitrogens with two attached hydrogens (primary N) is 1. The van der Waals surface area contributed by atoms with Gasteiger partial charge in [0.1, 0.15) is 10.7 Å². The molecule has 1 aromatic heterocycles. The van der Waals surface area contributed by atoms with Crippen molar-refractivity contribution in [2.45, 2.75) is 32.7 Å². The van der Waals surface area contributed by atoms with Crippen molar-refractivity contribution in [2.75, 3.05) is 0 Å². The van der Waals surface area contributed by atoms with Gasteiger partial charge in [-0.1, -0.05) is 31.5 Å². The second kappa shape index (κ2) is 6.08. The van der Waals surface area contributed by atoms with Gasteiger partial charge in [0.05, 0.1) is 6.04 Å². The highest BCUT2D eigenvalue weighted by molar-refractivity contribution is 7.09. The van der Waals surface area contributed by atoms with Crippen LogP contribution in [-0.4, -0.2) is 10.8 Å². The van der Waals surface area contributed by atoms with Crippen LogP contribution in [0.3, 0.4) is 0 Å². The number of rotatable bonds is 5. The van der Waals surface area contributed by atoms with E-state index >= 15 is 0 Å². The lowest BCUT2D eigenvalue weighted by atomic mass is 10.0. The van der Waals surface area contributed by atoms with Gasteiger partial charge in [0.2, 0.25) is 5.78 Å². The summed E-state index contributed by atoms with van der Waals surface area (Å²) >= 11 is 1.44. The van der Waals surface area contributed by atoms with E-state index in [2.05, 4.69) is 18.0 Å². The Morgan fingerprint density at radius 1 is 1.47 bits per heavy atom. The summed E-state index contributed by atoms with van der Waals surface area (Å²) in [5, 5.41) is 2.58. The first kappa shape index (κ1) is 13.9. The van der Waals surface area contributed by atoms with Crippen molar-refractivity contribution in [3.8, 4) is 0 Å². The number of ketones is 1. The normalized spacial score (nSPS) is 12.4. The number of nitrogens with zero attached hydrogens (tertiary/aromatic N) is 1. The number of hydrogen-bond acceptors (Lipinski definition) is 4. The molecule has 2 N–H and O–H groups in total. The van der Waals surface area contributed by atoms with E-state index in [1.54, 1.807) is 5.38 Å². The molecule has 4 heteroatoms. The minimum absolute atomic E-state index is 0.0268. The summed E-state index contributed by atoms with van der Waals surface area (Å²) in [5.41, 5.74) is 8.15. The largest absolute Gasteiger partial charge is 0.322 e. The van der Waals surface area contributed by atoms with Crippen molar-refractivity contribution >= 4 is 17.1 Å². The third-order valence-electron chi connectivity index (χ3n) is 2.87. The zero-order chi connectivity index (χ0) is 13.8. The topological polar surface area (TPSA) is 56.0 Å². The summed E-state index contributed by atoms with van der Waals surface area (Å²) in [6.45, 7) is 4.00. The first-order valence-corrected chi connectivity index (χ1v) is 7.34. The summed E-state index contributed by atoms with van der Waals surface area (Å²) in [6, 6.07) is 7.65. The summed E-state index contributed by atoms with van der Waals surface area (Å²) < 4.78 is 0. The molecule has 0 saturated carbocycles. The SMILES string of the molecule is CCCc1cccc(C(=O)c2csc(C(C)N)n2)c1. The summed E-state index contributed by atoms with van der Waals surface area (Å²) in [5.74, 6) is -0.0268. The standard InChI is InChI=1S/C15H18N2OS/c1-3-5-11-6-4-7-12(8-11)14(18)13-9-19-15(17-13)10(2)16/h4,6-10H,3,5,16H2,1-2H3. The highest BCUT2D eigenvalue weighted by Crippen LogP contribution is 2.19. The summed E-state index contributed by atoms with van der Waals surface area (Å²) in [6.07, 6.45) is 2.06. The van der Waals surface area contributed by atoms with Gasteiger partial charge in [0.25, 0.3) is 0 Å². The molecule has 1 aromatic carbocycles. The number of carbonyl (C=O) groups is 1. The average Bonchev–Trinajstić information content (AvgIpc) is 2.88. The van der Waals surface area contributed by atoms with Gasteiger partial charge < -0.3 is 5.73 Å². The molecule has 0 aliphatic heterocycles. The Labute approximate surface area is 117 Å². The van der Waals surface area contributed by atoms with E-state index < -0.39 is 0 Å². The van der Waals surface area contributed by atoms with Crippen LogP contribution < -0.4 is 5.73 Å². The van der Waals surface area contributed by atoms with Gasteiger partial charge in [-0.2, -0.15) is 0 Å². The molecular weight excluding hydrogens is 256 g/mol. The van der Waals surface area contributed by atoms with Crippen molar-refractivity contribution in [3.05, 3.63) is 51.5 Å². The van der Waals surface area contributed by atoms with E-state index in [1.165, 1.54) is 16.9 Å². The molecule has 0 bridgehead atoms. The maximum Gasteiger partial charge on any atom is 0.212 e. The minimum Gasteiger partial charge on any atom is -0.322 e. The smallest absolute Gasteiger partial charge is 0.212 e. The van der Waals surface area contributed by atoms with Crippen LogP contribution in [0.4, 0.5) is 0 Å². The van der Waals surface area contributed by atoms with Crippen LogP contribution in [-0.2, 0) is 6.42 Å². The number of aromatic nitrogens is 1. The summed E-state index contributed by atoms with van der Waals surface area (Å²) in [4.78, 5) is 16.6. The predicted octanol–water partition coefficient (Wildman–Crippen LogP) is 3.35. The Morgan fingerprint density at radius 2 is 2.26 bits per heavy atom. The van der Waals surface area contributed by atoms with Crippen LogP contribution in [0.1, 0.15) is 52.9 Å². The van der Waals surface area contributed by atoms with E-state index in [0.29, 0.717) is 11.3 Å². The van der Waals surface area contributed by atoms with Crippen molar-refractivity contribution in [3.63, 3.8) is 0 Å². The molecular formula is C15H18N2OS. The number of aryl methyl sites for hydroxylation is 1. The minimum atomic E-state index is -0.127. The Hall–Kier alpha value is -1.52. The van der Waals surface area contributed by atoms with E-state index in [9.17, 15) is 4.79 Å². The first-order chi connectivity index (χ1) is 9.11. The average molecular weight is 274 g/mol. The second-order valence-corrected chi connectivity index (χ2v) is 5.53. The van der Waals surface area contributed by atoms with Crippen molar-refractivity contribution < 1.29 is 4.79 Å². The van der Waals surface area contributed by atoms with Gasteiger partial charge in [0, 0.05) is 10.9 Å². The maximum absolute atomic E-state index is 12.3. The molecule has 0 amide bonds. The quantitative estimate of drug-likeness (QED) is 0.851. The van der Waals surface area contributed by atoms with Crippen LogP contribution in [0, 0.1) is 0 Å². The third-order valence-corrected chi connectivity index (χ3v) is 3.92. The van der Waals surface area contributed by atoms with Crippen LogP contribution in [0.15, 0.2) is 29.6 Å². The van der Waals surface area contributed by atoms with Gasteiger partial charge >= 0.3 is 0 Å². The van der Waals surface area contributed by atoms with Crippen molar-refractivity contribution in [2.24, 2.45) is 5.73 Å². The lowest BCUT2D eigenvalue weighted by Gasteiger charge is -2.02. The fraction of sp³-hybridized carbons (Fsp3) is 0.333. The van der Waals surface area contributed by atoms with Crippen LogP contribution in [0.25, 0.3) is 0 Å². The Balaban J connectivity index is 2.25. The monoisotopic (exact) mass is 274 g/mol. The fourth-order valence-corrected chi connectivity index (χ4v) is 2.66. The predicted molar refractivity (Wildman–Crippen MR) is 78.6 cm³/mol. The van der Waals surface area contributed by atoms with Crippen molar-refractivity contribution in [1.82, 2.24) is 4.98 Å². The molecule has 0 spiro atoms. The molecule has 2 aromatic rings. The van der Waals surface area contributed by atoms with Gasteiger partial charge in [-0.3, -0.25) is 4.79 Å². The highest BCUT2D eigenvalue weighted by atomic mass is 32.1. The zero-order valence-electron chi connectivity index (χ0n) is 11.2. The van der Waals surface area contributed by atoms with E-state index in [1.807, 2.05) is 25.1 Å². The van der Waals surface area contributed by atoms with Crippen LogP contribution in [0.5, 0.6) is 0 Å². The number of hydrogen-bond donors (Lipinski definition) is 1. The lowest BCUT2D eigenvalue weighted by Crippen LogP contribution is -2.07. The van der Waals surface area contributed by atoms with Crippen LogP contribution in [0.2, 0.25) is 0 Å². The molecule has 0 fully saturated rings. The second-order valence-electron chi connectivity index (χ2n) is 4.64. The van der Waals surface area contributed by atoms with Gasteiger partial charge in [-0.05, 0) is 25.0 Å².